The maximum Gasteiger partial charge on any atom is 0.145 e. The molecule has 9 aromatic rings. The zero-order chi connectivity index (χ0) is 32.0. The van der Waals surface area contributed by atoms with Crippen LogP contribution in [0.1, 0.15) is 37.5 Å². The molecule has 9 rings (SSSR count). The quantitative estimate of drug-likeness (QED) is 0.197. The van der Waals surface area contributed by atoms with Gasteiger partial charge in [-0.2, -0.15) is 10.5 Å². The number of aromatic nitrogens is 2. The van der Waals surface area contributed by atoms with Crippen LogP contribution in [0.4, 0.5) is 0 Å². The SMILES string of the molecule is CC(C)(C)c1cc(C#N)cc(C#N)c1-n1c2ccc(-n3c4ccccc4c4ccccc43)cc2c2c3oc4ccccc4c3ccc21. The van der Waals surface area contributed by atoms with Gasteiger partial charge in [-0.1, -0.05) is 75.4 Å². The lowest BCUT2D eigenvalue weighted by Crippen LogP contribution is -2.17. The molecule has 0 N–H and O–H groups in total. The van der Waals surface area contributed by atoms with Crippen molar-refractivity contribution in [2.24, 2.45) is 0 Å². The first-order chi connectivity index (χ1) is 22.9. The molecule has 0 aliphatic carbocycles. The zero-order valence-corrected chi connectivity index (χ0v) is 26.2. The number of benzene rings is 6. The van der Waals surface area contributed by atoms with Gasteiger partial charge in [-0.05, 0) is 71.6 Å². The van der Waals surface area contributed by atoms with Gasteiger partial charge in [-0.25, -0.2) is 0 Å². The van der Waals surface area contributed by atoms with Gasteiger partial charge in [-0.15, -0.1) is 0 Å². The molecule has 5 nitrogen and oxygen atoms in total. The van der Waals surface area contributed by atoms with Crippen LogP contribution < -0.4 is 0 Å². The number of para-hydroxylation sites is 3. The van der Waals surface area contributed by atoms with E-state index < -0.39 is 0 Å². The largest absolute Gasteiger partial charge is 0.455 e. The molecule has 0 radical (unpaired) electrons. The molecule has 0 fully saturated rings. The maximum absolute atomic E-state index is 10.5. The monoisotopic (exact) mass is 604 g/mol. The van der Waals surface area contributed by atoms with Crippen LogP contribution in [0, 0.1) is 22.7 Å². The molecule has 0 unspecified atom stereocenters. The normalized spacial score (nSPS) is 12.1. The van der Waals surface area contributed by atoms with Crippen LogP contribution in [0.25, 0.3) is 76.9 Å². The van der Waals surface area contributed by atoms with Crippen LogP contribution in [0.5, 0.6) is 0 Å². The summed E-state index contributed by atoms with van der Waals surface area (Å²) in [4.78, 5) is 0. The van der Waals surface area contributed by atoms with Crippen molar-refractivity contribution < 1.29 is 4.42 Å². The highest BCUT2D eigenvalue weighted by molar-refractivity contribution is 6.24. The molecule has 0 bridgehead atoms. The molecule has 47 heavy (non-hydrogen) atoms. The minimum absolute atomic E-state index is 0.344. The Morgan fingerprint density at radius 1 is 0.574 bits per heavy atom. The van der Waals surface area contributed by atoms with Crippen LogP contribution in [0.2, 0.25) is 0 Å². The third-order valence-electron chi connectivity index (χ3n) is 9.49. The molecule has 0 saturated heterocycles. The van der Waals surface area contributed by atoms with Crippen LogP contribution in [-0.2, 0) is 5.41 Å². The van der Waals surface area contributed by atoms with E-state index in [0.717, 1.165) is 71.7 Å². The molecule has 6 aromatic carbocycles. The standard InChI is InChI=1S/C42H28N4O/c1-42(2,3)33-21-25(23-43)20-26(24-44)40(33)46-36-18-16-27(45-34-13-7-4-10-28(34)29-11-5-8-14-35(29)45)22-32(36)39-37(46)19-17-31-30-12-6-9-15-38(30)47-41(31)39/h4-22H,1-3H3. The Kier molecular flexibility index (Phi) is 5.52. The van der Waals surface area contributed by atoms with Crippen molar-refractivity contribution in [2.45, 2.75) is 26.2 Å². The Morgan fingerprint density at radius 3 is 1.89 bits per heavy atom. The fourth-order valence-corrected chi connectivity index (χ4v) is 7.45. The van der Waals surface area contributed by atoms with Gasteiger partial charge >= 0.3 is 0 Å². The molecule has 0 aliphatic rings. The van der Waals surface area contributed by atoms with E-state index in [1.807, 2.05) is 24.3 Å². The number of hydrogen-bond acceptors (Lipinski definition) is 3. The highest BCUT2D eigenvalue weighted by Gasteiger charge is 2.27. The molecule has 222 valence electrons. The van der Waals surface area contributed by atoms with Gasteiger partial charge in [0.15, 0.2) is 0 Å². The van der Waals surface area contributed by atoms with E-state index in [0.29, 0.717) is 11.1 Å². The minimum Gasteiger partial charge on any atom is -0.455 e. The molecular formula is C42H28N4O. The summed E-state index contributed by atoms with van der Waals surface area (Å²) in [5, 5.41) is 26.9. The molecule has 0 spiro atoms. The second-order valence-electron chi connectivity index (χ2n) is 13.2. The number of nitrogens with zero attached hydrogens (tertiary/aromatic N) is 4. The molecule has 0 aliphatic heterocycles. The Bertz CT molecular complexity index is 2800. The molecule has 5 heteroatoms. The second kappa shape index (κ2) is 9.60. The summed E-state index contributed by atoms with van der Waals surface area (Å²) in [7, 11) is 0. The van der Waals surface area contributed by atoms with Crippen LogP contribution >= 0.6 is 0 Å². The smallest absolute Gasteiger partial charge is 0.145 e. The van der Waals surface area contributed by atoms with Gasteiger partial charge in [0.1, 0.15) is 17.2 Å². The van der Waals surface area contributed by atoms with Crippen molar-refractivity contribution in [2.75, 3.05) is 0 Å². The zero-order valence-electron chi connectivity index (χ0n) is 26.2. The second-order valence-corrected chi connectivity index (χ2v) is 13.2. The van der Waals surface area contributed by atoms with E-state index in [9.17, 15) is 10.5 Å². The van der Waals surface area contributed by atoms with E-state index in [2.05, 4.69) is 127 Å². The third kappa shape index (κ3) is 3.75. The minimum atomic E-state index is -0.344. The van der Waals surface area contributed by atoms with Gasteiger partial charge in [0.05, 0.1) is 50.3 Å². The van der Waals surface area contributed by atoms with Crippen molar-refractivity contribution in [1.82, 2.24) is 9.13 Å². The maximum atomic E-state index is 10.5. The molecule has 0 saturated carbocycles. The van der Waals surface area contributed by atoms with Crippen LogP contribution in [0.15, 0.2) is 120 Å². The first-order valence-corrected chi connectivity index (χ1v) is 15.7. The van der Waals surface area contributed by atoms with E-state index in [1.165, 1.54) is 10.8 Å². The lowest BCUT2D eigenvalue weighted by molar-refractivity contribution is 0.587. The number of furan rings is 1. The van der Waals surface area contributed by atoms with E-state index in [-0.39, 0.29) is 5.41 Å². The number of hydrogen-bond donors (Lipinski definition) is 0. The van der Waals surface area contributed by atoms with Gasteiger partial charge < -0.3 is 13.6 Å². The van der Waals surface area contributed by atoms with Crippen LogP contribution in [-0.4, -0.2) is 9.13 Å². The summed E-state index contributed by atoms with van der Waals surface area (Å²) in [5.74, 6) is 0. The van der Waals surface area contributed by atoms with Gasteiger partial charge in [0, 0.05) is 32.6 Å². The Labute approximate surface area is 270 Å². The summed E-state index contributed by atoms with van der Waals surface area (Å²) in [5.41, 5.74) is 9.19. The van der Waals surface area contributed by atoms with Crippen molar-refractivity contribution in [1.29, 1.82) is 10.5 Å². The van der Waals surface area contributed by atoms with E-state index in [4.69, 9.17) is 4.42 Å². The number of rotatable bonds is 2. The number of fused-ring (bicyclic) bond motifs is 10. The lowest BCUT2D eigenvalue weighted by atomic mass is 9.83. The Morgan fingerprint density at radius 2 is 1.21 bits per heavy atom. The molecule has 3 aromatic heterocycles. The van der Waals surface area contributed by atoms with Crippen LogP contribution in [0.3, 0.4) is 0 Å². The van der Waals surface area contributed by atoms with E-state index in [1.54, 1.807) is 6.07 Å². The number of nitriles is 2. The lowest BCUT2D eigenvalue weighted by Gasteiger charge is -2.25. The summed E-state index contributed by atoms with van der Waals surface area (Å²) in [6.07, 6.45) is 0. The Hall–Kier alpha value is -6.30. The molecule has 0 amide bonds. The van der Waals surface area contributed by atoms with Gasteiger partial charge in [0.2, 0.25) is 0 Å². The summed E-state index contributed by atoms with van der Waals surface area (Å²) >= 11 is 0. The molecule has 0 atom stereocenters. The van der Waals surface area contributed by atoms with Crippen molar-refractivity contribution >= 4 is 65.6 Å². The Balaban J connectivity index is 1.48. The molecular weight excluding hydrogens is 576 g/mol. The van der Waals surface area contributed by atoms with Crippen molar-refractivity contribution in [3.05, 3.63) is 132 Å². The highest BCUT2D eigenvalue weighted by atomic mass is 16.3. The summed E-state index contributed by atoms with van der Waals surface area (Å²) in [6.45, 7) is 6.37. The summed E-state index contributed by atoms with van der Waals surface area (Å²) in [6, 6.07) is 44.4. The summed E-state index contributed by atoms with van der Waals surface area (Å²) < 4.78 is 11.2. The van der Waals surface area contributed by atoms with Crippen molar-refractivity contribution in [3.63, 3.8) is 0 Å². The third-order valence-corrected chi connectivity index (χ3v) is 9.49. The fourth-order valence-electron chi connectivity index (χ4n) is 7.45. The van der Waals surface area contributed by atoms with E-state index >= 15 is 0 Å². The van der Waals surface area contributed by atoms with Gasteiger partial charge in [0.25, 0.3) is 0 Å². The first-order valence-electron chi connectivity index (χ1n) is 15.7. The van der Waals surface area contributed by atoms with Gasteiger partial charge in [-0.3, -0.25) is 0 Å². The topological polar surface area (TPSA) is 70.6 Å². The predicted molar refractivity (Wildman–Crippen MR) is 191 cm³/mol. The highest BCUT2D eigenvalue weighted by Crippen LogP contribution is 2.44. The van der Waals surface area contributed by atoms with Crippen molar-refractivity contribution in [3.8, 4) is 23.5 Å². The fraction of sp³-hybridized carbons (Fsp3) is 0.0952. The molecule has 3 heterocycles. The average molecular weight is 605 g/mol. The average Bonchev–Trinajstić information content (AvgIpc) is 3.74. The first kappa shape index (κ1) is 27.0. The predicted octanol–water partition coefficient (Wildman–Crippen LogP) is 10.8.